The lowest BCUT2D eigenvalue weighted by atomic mass is 9.86. The number of nitrogens with zero attached hydrogens (tertiary/aromatic N) is 1. The molecule has 1 aromatic rings. The monoisotopic (exact) mass is 292 g/mol. The van der Waals surface area contributed by atoms with Gasteiger partial charge in [0, 0.05) is 31.4 Å². The normalized spacial score (nSPS) is 25.0. The van der Waals surface area contributed by atoms with E-state index in [0.717, 1.165) is 24.3 Å². The molecule has 2 unspecified atom stereocenters. The van der Waals surface area contributed by atoms with Crippen molar-refractivity contribution in [3.8, 4) is 5.75 Å². The molecule has 2 atom stereocenters. The fraction of sp³-hybridized carbons (Fsp3) is 0.647. The maximum Gasteiger partial charge on any atom is 0.121 e. The Kier molecular flexibility index (Phi) is 5.48. The first-order chi connectivity index (χ1) is 10.1. The molecule has 0 aromatic heterocycles. The molecule has 0 bridgehead atoms. The largest absolute Gasteiger partial charge is 0.494 e. The van der Waals surface area contributed by atoms with E-state index in [2.05, 4.69) is 22.3 Å². The van der Waals surface area contributed by atoms with E-state index >= 15 is 0 Å². The number of anilines is 1. The summed E-state index contributed by atoms with van der Waals surface area (Å²) in [5, 5.41) is 13.0. The van der Waals surface area contributed by atoms with Crippen molar-refractivity contribution in [2.24, 2.45) is 5.92 Å². The van der Waals surface area contributed by atoms with Gasteiger partial charge in [0.05, 0.1) is 13.2 Å². The second-order valence-corrected chi connectivity index (χ2v) is 6.18. The van der Waals surface area contributed by atoms with Crippen molar-refractivity contribution in [3.05, 3.63) is 24.3 Å². The van der Waals surface area contributed by atoms with Gasteiger partial charge in [-0.3, -0.25) is 0 Å². The molecule has 1 aliphatic rings. The van der Waals surface area contributed by atoms with Gasteiger partial charge in [-0.1, -0.05) is 12.5 Å². The predicted molar refractivity (Wildman–Crippen MR) is 87.1 cm³/mol. The molecular weight excluding hydrogens is 264 g/mol. The molecule has 0 heterocycles. The highest BCUT2D eigenvalue weighted by molar-refractivity contribution is 5.49. The first-order valence-electron chi connectivity index (χ1n) is 7.81. The maximum absolute atomic E-state index is 9.69. The van der Waals surface area contributed by atoms with Crippen LogP contribution in [0.2, 0.25) is 0 Å². The molecule has 4 nitrogen and oxygen atoms in total. The zero-order chi connectivity index (χ0) is 15.3. The third-order valence-electron chi connectivity index (χ3n) is 4.81. The fourth-order valence-electron chi connectivity index (χ4n) is 3.35. The number of rotatable bonds is 7. The zero-order valence-corrected chi connectivity index (χ0v) is 13.4. The second kappa shape index (κ2) is 7.14. The van der Waals surface area contributed by atoms with Gasteiger partial charge in [0.25, 0.3) is 0 Å². The number of aliphatic hydroxyl groups is 1. The summed E-state index contributed by atoms with van der Waals surface area (Å²) in [6, 6.07) is 8.15. The fourth-order valence-corrected chi connectivity index (χ4v) is 3.35. The van der Waals surface area contributed by atoms with Crippen LogP contribution in [0.3, 0.4) is 0 Å². The predicted octanol–water partition coefficient (Wildman–Crippen LogP) is 2.27. The zero-order valence-electron chi connectivity index (χ0n) is 13.4. The SMILES string of the molecule is CNC1(CO)CCCC1CCOc1cccc(N(C)C)c1. The number of nitrogens with one attached hydrogen (secondary N) is 1. The van der Waals surface area contributed by atoms with Crippen molar-refractivity contribution in [2.75, 3.05) is 39.3 Å². The number of likely N-dealkylation sites (N-methyl/N-ethyl adjacent to an activating group) is 1. The molecule has 1 aromatic carbocycles. The Bertz CT molecular complexity index is 444. The lowest BCUT2D eigenvalue weighted by Gasteiger charge is -2.33. The Morgan fingerprint density at radius 2 is 2.24 bits per heavy atom. The highest BCUT2D eigenvalue weighted by Gasteiger charge is 2.40. The van der Waals surface area contributed by atoms with Crippen molar-refractivity contribution in [2.45, 2.75) is 31.2 Å². The summed E-state index contributed by atoms with van der Waals surface area (Å²) < 4.78 is 5.91. The highest BCUT2D eigenvalue weighted by Crippen LogP contribution is 2.37. The first-order valence-corrected chi connectivity index (χ1v) is 7.81. The van der Waals surface area contributed by atoms with Crippen LogP contribution in [-0.2, 0) is 0 Å². The van der Waals surface area contributed by atoms with Crippen LogP contribution in [0.4, 0.5) is 5.69 Å². The molecule has 0 radical (unpaired) electrons. The average Bonchev–Trinajstić information content (AvgIpc) is 2.91. The maximum atomic E-state index is 9.69. The molecular formula is C17H28N2O2. The summed E-state index contributed by atoms with van der Waals surface area (Å²) in [5.41, 5.74) is 1.04. The molecule has 4 heteroatoms. The number of aliphatic hydroxyl groups excluding tert-OH is 1. The summed E-state index contributed by atoms with van der Waals surface area (Å²) in [5.74, 6) is 1.41. The van der Waals surface area contributed by atoms with Crippen LogP contribution in [0.5, 0.6) is 5.75 Å². The molecule has 0 saturated heterocycles. The summed E-state index contributed by atoms with van der Waals surface area (Å²) in [7, 11) is 6.01. The summed E-state index contributed by atoms with van der Waals surface area (Å²) >= 11 is 0. The Morgan fingerprint density at radius 1 is 1.43 bits per heavy atom. The van der Waals surface area contributed by atoms with Crippen LogP contribution < -0.4 is 15.0 Å². The molecule has 1 fully saturated rings. The minimum atomic E-state index is -0.102. The third kappa shape index (κ3) is 3.69. The van der Waals surface area contributed by atoms with Gasteiger partial charge in [-0.05, 0) is 44.4 Å². The molecule has 21 heavy (non-hydrogen) atoms. The number of benzene rings is 1. The molecule has 2 rings (SSSR count). The van der Waals surface area contributed by atoms with Crippen molar-refractivity contribution < 1.29 is 9.84 Å². The Balaban J connectivity index is 1.88. The summed E-state index contributed by atoms with van der Waals surface area (Å²) in [6.07, 6.45) is 4.39. The Hall–Kier alpha value is -1.26. The van der Waals surface area contributed by atoms with Gasteiger partial charge in [-0.2, -0.15) is 0 Å². The van der Waals surface area contributed by atoms with Crippen molar-refractivity contribution in [1.82, 2.24) is 5.32 Å². The molecule has 1 saturated carbocycles. The summed E-state index contributed by atoms with van der Waals surface area (Å²) in [4.78, 5) is 2.07. The lowest BCUT2D eigenvalue weighted by molar-refractivity contribution is 0.117. The van der Waals surface area contributed by atoms with E-state index in [1.807, 2.05) is 33.3 Å². The van der Waals surface area contributed by atoms with Gasteiger partial charge < -0.3 is 20.1 Å². The molecule has 0 spiro atoms. The quantitative estimate of drug-likeness (QED) is 0.809. The minimum absolute atomic E-state index is 0.102. The van der Waals surface area contributed by atoms with E-state index < -0.39 is 0 Å². The molecule has 0 amide bonds. The lowest BCUT2D eigenvalue weighted by Crippen LogP contribution is -2.49. The van der Waals surface area contributed by atoms with E-state index in [0.29, 0.717) is 12.5 Å². The van der Waals surface area contributed by atoms with E-state index in [-0.39, 0.29) is 12.1 Å². The van der Waals surface area contributed by atoms with Gasteiger partial charge in [0.2, 0.25) is 0 Å². The second-order valence-electron chi connectivity index (χ2n) is 6.18. The van der Waals surface area contributed by atoms with E-state index in [1.165, 1.54) is 12.8 Å². The number of hydrogen-bond acceptors (Lipinski definition) is 4. The van der Waals surface area contributed by atoms with Gasteiger partial charge in [0.1, 0.15) is 5.75 Å². The molecule has 1 aliphatic carbocycles. The molecule has 118 valence electrons. The van der Waals surface area contributed by atoms with Gasteiger partial charge in [-0.15, -0.1) is 0 Å². The topological polar surface area (TPSA) is 44.7 Å². The number of hydrogen-bond donors (Lipinski definition) is 2. The first kappa shape index (κ1) is 16.1. The van der Waals surface area contributed by atoms with E-state index in [4.69, 9.17) is 4.74 Å². The van der Waals surface area contributed by atoms with Crippen molar-refractivity contribution in [1.29, 1.82) is 0 Å². The Labute approximate surface area is 128 Å². The van der Waals surface area contributed by atoms with E-state index in [9.17, 15) is 5.11 Å². The van der Waals surface area contributed by atoms with Crippen LogP contribution in [0.1, 0.15) is 25.7 Å². The molecule has 2 N–H and O–H groups in total. The van der Waals surface area contributed by atoms with Crippen molar-refractivity contribution >= 4 is 5.69 Å². The Morgan fingerprint density at radius 3 is 2.90 bits per heavy atom. The highest BCUT2D eigenvalue weighted by atomic mass is 16.5. The summed E-state index contributed by atoms with van der Waals surface area (Å²) in [6.45, 7) is 0.912. The smallest absolute Gasteiger partial charge is 0.121 e. The minimum Gasteiger partial charge on any atom is -0.494 e. The van der Waals surface area contributed by atoms with Crippen LogP contribution >= 0.6 is 0 Å². The average molecular weight is 292 g/mol. The van der Waals surface area contributed by atoms with E-state index in [1.54, 1.807) is 0 Å². The van der Waals surface area contributed by atoms with Gasteiger partial charge in [-0.25, -0.2) is 0 Å². The van der Waals surface area contributed by atoms with Gasteiger partial charge in [0.15, 0.2) is 0 Å². The standard InChI is InChI=1S/C17H28N2O2/c1-18-17(13-20)10-5-6-14(17)9-11-21-16-8-4-7-15(12-16)19(2)3/h4,7-8,12,14,18,20H,5-6,9-11,13H2,1-3H3. The molecule has 0 aliphatic heterocycles. The number of ether oxygens (including phenoxy) is 1. The van der Waals surface area contributed by atoms with Crippen LogP contribution in [0.15, 0.2) is 24.3 Å². The van der Waals surface area contributed by atoms with Crippen molar-refractivity contribution in [3.63, 3.8) is 0 Å². The third-order valence-corrected chi connectivity index (χ3v) is 4.81. The van der Waals surface area contributed by atoms with Crippen LogP contribution in [0.25, 0.3) is 0 Å². The van der Waals surface area contributed by atoms with Crippen LogP contribution in [-0.4, -0.2) is 45.0 Å². The van der Waals surface area contributed by atoms with Crippen LogP contribution in [0, 0.1) is 5.92 Å². The van der Waals surface area contributed by atoms with Gasteiger partial charge >= 0.3 is 0 Å².